The second-order valence-corrected chi connectivity index (χ2v) is 8.63. The van der Waals surface area contributed by atoms with Crippen LogP contribution in [0.1, 0.15) is 37.1 Å². The maximum atomic E-state index is 13.1. The molecule has 1 N–H and O–H groups in total. The van der Waals surface area contributed by atoms with Crippen molar-refractivity contribution in [1.29, 1.82) is 0 Å². The molecule has 0 aliphatic heterocycles. The Kier molecular flexibility index (Phi) is 6.08. The van der Waals surface area contributed by atoms with Gasteiger partial charge in [0.15, 0.2) is 5.82 Å². The number of rotatable bonds is 8. The third kappa shape index (κ3) is 4.67. The molecule has 30 heavy (non-hydrogen) atoms. The van der Waals surface area contributed by atoms with Crippen LogP contribution in [0.5, 0.6) is 0 Å². The lowest BCUT2D eigenvalue weighted by molar-refractivity contribution is -0.131. The van der Waals surface area contributed by atoms with E-state index in [1.54, 1.807) is 13.0 Å². The van der Waals surface area contributed by atoms with Crippen LogP contribution in [-0.2, 0) is 9.59 Å². The molecular weight excluding hydrogens is 398 g/mol. The fourth-order valence-corrected chi connectivity index (χ4v) is 4.45. The largest absolute Gasteiger partial charge is 0.360 e. The number of nitrogens with one attached hydrogen (secondary N) is 1. The molecule has 6 nitrogen and oxygen atoms in total. The van der Waals surface area contributed by atoms with Gasteiger partial charge in [-0.05, 0) is 43.0 Å². The van der Waals surface area contributed by atoms with Gasteiger partial charge in [-0.15, -0.1) is 11.8 Å². The number of thioether (sulfide) groups is 1. The maximum absolute atomic E-state index is 13.1. The first-order valence-corrected chi connectivity index (χ1v) is 11.3. The minimum absolute atomic E-state index is 0.0105. The number of carbonyl (C=O) groups is 2. The lowest BCUT2D eigenvalue weighted by atomic mass is 9.98. The Balaban J connectivity index is 1.39. The normalized spacial score (nSPS) is 14.5. The van der Waals surface area contributed by atoms with E-state index in [1.807, 2.05) is 17.0 Å². The van der Waals surface area contributed by atoms with Crippen LogP contribution in [0.4, 0.5) is 5.82 Å². The van der Waals surface area contributed by atoms with Gasteiger partial charge in [0.25, 0.3) is 0 Å². The summed E-state index contributed by atoms with van der Waals surface area (Å²) in [5.74, 6) is 1.38. The first-order valence-electron chi connectivity index (χ1n) is 10.1. The van der Waals surface area contributed by atoms with Gasteiger partial charge in [-0.1, -0.05) is 47.6 Å². The minimum atomic E-state index is -0.193. The first-order chi connectivity index (χ1) is 14.5. The number of fused-ring (bicyclic) bond motifs is 1. The number of benzene rings is 2. The summed E-state index contributed by atoms with van der Waals surface area (Å²) in [4.78, 5) is 27.2. The van der Waals surface area contributed by atoms with Crippen molar-refractivity contribution in [3.8, 4) is 0 Å². The summed E-state index contributed by atoms with van der Waals surface area (Å²) >= 11 is 1.32. The molecule has 0 spiro atoms. The summed E-state index contributed by atoms with van der Waals surface area (Å²) in [6.45, 7) is 3.86. The molecule has 0 bridgehead atoms. The topological polar surface area (TPSA) is 75.4 Å². The second-order valence-electron chi connectivity index (χ2n) is 7.64. The average molecular weight is 424 g/mol. The Labute approximate surface area is 180 Å². The van der Waals surface area contributed by atoms with Gasteiger partial charge in [0.1, 0.15) is 5.76 Å². The van der Waals surface area contributed by atoms with E-state index in [0.717, 1.165) is 18.4 Å². The van der Waals surface area contributed by atoms with Crippen molar-refractivity contribution in [3.05, 3.63) is 59.9 Å². The third-order valence-corrected chi connectivity index (χ3v) is 6.19. The number of nitrogens with zero attached hydrogens (tertiary/aromatic N) is 2. The number of hydrogen-bond donors (Lipinski definition) is 1. The molecule has 1 heterocycles. The van der Waals surface area contributed by atoms with E-state index in [4.69, 9.17) is 4.52 Å². The summed E-state index contributed by atoms with van der Waals surface area (Å²) in [5, 5.41) is 8.79. The quantitative estimate of drug-likeness (QED) is 0.575. The van der Waals surface area contributed by atoms with Crippen LogP contribution >= 0.6 is 11.8 Å². The Morgan fingerprint density at radius 2 is 1.97 bits per heavy atom. The molecule has 0 saturated heterocycles. The van der Waals surface area contributed by atoms with E-state index in [0.29, 0.717) is 17.6 Å². The summed E-state index contributed by atoms with van der Waals surface area (Å²) in [5.41, 5.74) is 1.16. The van der Waals surface area contributed by atoms with E-state index < -0.39 is 0 Å². The van der Waals surface area contributed by atoms with E-state index in [2.05, 4.69) is 47.7 Å². The standard InChI is InChI=1S/C23H25N3O3S/c1-15-12-21(25-29-15)24-22(27)13-30-14-23(28)26(18-10-11-18)16(2)19-9-5-7-17-6-3-4-8-20(17)19/h3-9,12,16,18H,10-11,13-14H2,1-2H3,(H,24,25,27). The van der Waals surface area contributed by atoms with Crippen LogP contribution in [0.3, 0.4) is 0 Å². The zero-order valence-electron chi connectivity index (χ0n) is 17.1. The third-order valence-electron chi connectivity index (χ3n) is 5.27. The molecule has 1 atom stereocenters. The predicted octanol–water partition coefficient (Wildman–Crippen LogP) is 4.56. The van der Waals surface area contributed by atoms with Crippen molar-refractivity contribution in [1.82, 2.24) is 10.1 Å². The fraction of sp³-hybridized carbons (Fsp3) is 0.348. The first kappa shape index (κ1) is 20.5. The van der Waals surface area contributed by atoms with Gasteiger partial charge >= 0.3 is 0 Å². The summed E-state index contributed by atoms with van der Waals surface area (Å²) < 4.78 is 4.94. The van der Waals surface area contributed by atoms with Gasteiger partial charge < -0.3 is 14.7 Å². The number of amides is 2. The van der Waals surface area contributed by atoms with Gasteiger partial charge in [-0.3, -0.25) is 9.59 Å². The van der Waals surface area contributed by atoms with Crippen molar-refractivity contribution < 1.29 is 14.1 Å². The lowest BCUT2D eigenvalue weighted by Gasteiger charge is -2.30. The molecule has 1 aromatic heterocycles. The zero-order chi connectivity index (χ0) is 21.1. The highest BCUT2D eigenvalue weighted by Gasteiger charge is 2.36. The van der Waals surface area contributed by atoms with E-state index in [-0.39, 0.29) is 29.4 Å². The smallest absolute Gasteiger partial charge is 0.235 e. The van der Waals surface area contributed by atoms with Crippen LogP contribution in [0.2, 0.25) is 0 Å². The highest BCUT2D eigenvalue weighted by Crippen LogP contribution is 2.37. The van der Waals surface area contributed by atoms with Gasteiger partial charge in [-0.2, -0.15) is 0 Å². The predicted molar refractivity (Wildman–Crippen MR) is 119 cm³/mol. The lowest BCUT2D eigenvalue weighted by Crippen LogP contribution is -2.37. The van der Waals surface area contributed by atoms with Crippen LogP contribution in [0, 0.1) is 6.92 Å². The molecule has 2 aromatic carbocycles. The van der Waals surface area contributed by atoms with Crippen molar-refractivity contribution in [2.24, 2.45) is 0 Å². The van der Waals surface area contributed by atoms with Crippen LogP contribution in [0.15, 0.2) is 53.1 Å². The maximum Gasteiger partial charge on any atom is 0.235 e. The molecule has 1 fully saturated rings. The molecule has 1 aliphatic rings. The van der Waals surface area contributed by atoms with Crippen LogP contribution < -0.4 is 5.32 Å². The number of carbonyl (C=O) groups excluding carboxylic acids is 2. The second kappa shape index (κ2) is 8.92. The number of anilines is 1. The fourth-order valence-electron chi connectivity index (χ4n) is 3.76. The molecule has 7 heteroatoms. The van der Waals surface area contributed by atoms with Crippen molar-refractivity contribution in [2.45, 2.75) is 38.8 Å². The monoisotopic (exact) mass is 423 g/mol. The summed E-state index contributed by atoms with van der Waals surface area (Å²) in [6, 6.07) is 16.5. The van der Waals surface area contributed by atoms with E-state index in [9.17, 15) is 9.59 Å². The summed E-state index contributed by atoms with van der Waals surface area (Å²) in [6.07, 6.45) is 2.08. The van der Waals surface area contributed by atoms with Crippen LogP contribution in [-0.4, -0.2) is 39.4 Å². The number of aryl methyl sites for hydroxylation is 1. The number of aromatic nitrogens is 1. The van der Waals surface area contributed by atoms with Crippen molar-refractivity contribution in [2.75, 3.05) is 16.8 Å². The highest BCUT2D eigenvalue weighted by molar-refractivity contribution is 8.00. The molecule has 1 unspecified atom stereocenters. The van der Waals surface area contributed by atoms with Gasteiger partial charge in [0.05, 0.1) is 17.5 Å². The van der Waals surface area contributed by atoms with E-state index >= 15 is 0 Å². The molecule has 156 valence electrons. The molecular formula is C23H25N3O3S. The summed E-state index contributed by atoms with van der Waals surface area (Å²) in [7, 11) is 0. The molecule has 1 aliphatic carbocycles. The molecule has 3 aromatic rings. The van der Waals surface area contributed by atoms with Gasteiger partial charge in [-0.25, -0.2) is 0 Å². The number of hydrogen-bond acceptors (Lipinski definition) is 5. The Morgan fingerprint density at radius 1 is 1.20 bits per heavy atom. The molecule has 1 saturated carbocycles. The molecule has 0 radical (unpaired) electrons. The Morgan fingerprint density at radius 3 is 2.70 bits per heavy atom. The minimum Gasteiger partial charge on any atom is -0.360 e. The van der Waals surface area contributed by atoms with Gasteiger partial charge in [0, 0.05) is 12.1 Å². The Bertz CT molecular complexity index is 1060. The van der Waals surface area contributed by atoms with Gasteiger partial charge in [0.2, 0.25) is 11.8 Å². The zero-order valence-corrected chi connectivity index (χ0v) is 17.9. The van der Waals surface area contributed by atoms with E-state index in [1.165, 1.54) is 22.5 Å². The Hall–Kier alpha value is -2.80. The molecule has 2 amide bonds. The SMILES string of the molecule is Cc1cc(NC(=O)CSCC(=O)N(C2CC2)C(C)c2cccc3ccccc23)no1. The highest BCUT2D eigenvalue weighted by atomic mass is 32.2. The van der Waals surface area contributed by atoms with Crippen LogP contribution in [0.25, 0.3) is 10.8 Å². The van der Waals surface area contributed by atoms with Crippen molar-refractivity contribution >= 4 is 40.2 Å². The average Bonchev–Trinajstić information content (AvgIpc) is 3.48. The molecule has 4 rings (SSSR count). The van der Waals surface area contributed by atoms with Crippen molar-refractivity contribution in [3.63, 3.8) is 0 Å².